The summed E-state index contributed by atoms with van der Waals surface area (Å²) in [6.07, 6.45) is 2.92. The minimum Gasteiger partial charge on any atom is -0.360 e. The summed E-state index contributed by atoms with van der Waals surface area (Å²) in [5.41, 5.74) is 3.10. The maximum Gasteiger partial charge on any atom is 0.178 e. The van der Waals surface area contributed by atoms with Gasteiger partial charge >= 0.3 is 0 Å². The van der Waals surface area contributed by atoms with E-state index in [1.807, 2.05) is 42.6 Å². The molecule has 0 radical (unpaired) electrons. The molecule has 5 heteroatoms. The molecule has 4 nitrogen and oxygen atoms in total. The third-order valence-electron chi connectivity index (χ3n) is 5.26. The fourth-order valence-corrected chi connectivity index (χ4v) is 3.91. The normalized spacial score (nSPS) is 16.5. The first-order valence-electron chi connectivity index (χ1n) is 9.47. The first kappa shape index (κ1) is 18.2. The lowest BCUT2D eigenvalue weighted by atomic mass is 10.1. The van der Waals surface area contributed by atoms with Crippen molar-refractivity contribution < 1.29 is 4.79 Å². The molecule has 4 rings (SSSR count). The molecule has 0 unspecified atom stereocenters. The van der Waals surface area contributed by atoms with Gasteiger partial charge in [0.05, 0.1) is 6.54 Å². The van der Waals surface area contributed by atoms with E-state index in [0.717, 1.165) is 60.6 Å². The van der Waals surface area contributed by atoms with Crippen LogP contribution in [-0.4, -0.2) is 53.3 Å². The van der Waals surface area contributed by atoms with Crippen molar-refractivity contribution in [1.82, 2.24) is 14.8 Å². The zero-order chi connectivity index (χ0) is 18.6. The number of benzene rings is 2. The summed E-state index contributed by atoms with van der Waals surface area (Å²) in [6, 6.07) is 16.0. The van der Waals surface area contributed by atoms with Crippen molar-refractivity contribution in [1.29, 1.82) is 0 Å². The van der Waals surface area contributed by atoms with Crippen molar-refractivity contribution in [3.05, 3.63) is 70.9 Å². The van der Waals surface area contributed by atoms with Gasteiger partial charge in [0.25, 0.3) is 0 Å². The maximum atomic E-state index is 12.8. The number of ketones is 1. The number of aromatic amines is 1. The predicted octanol–water partition coefficient (Wildman–Crippen LogP) is 4.21. The maximum absolute atomic E-state index is 12.8. The highest BCUT2D eigenvalue weighted by Crippen LogP contribution is 2.19. The minimum absolute atomic E-state index is 0.193. The Balaban J connectivity index is 1.35. The first-order chi connectivity index (χ1) is 13.2. The molecule has 0 amide bonds. The summed E-state index contributed by atoms with van der Waals surface area (Å²) in [4.78, 5) is 20.8. The predicted molar refractivity (Wildman–Crippen MR) is 110 cm³/mol. The number of carbonyl (C=O) groups is 1. The fourth-order valence-electron chi connectivity index (χ4n) is 3.78. The number of hydrogen-bond acceptors (Lipinski definition) is 3. The number of aromatic nitrogens is 1. The molecule has 0 saturated carbocycles. The van der Waals surface area contributed by atoms with Crippen LogP contribution in [0.3, 0.4) is 0 Å². The summed E-state index contributed by atoms with van der Waals surface area (Å²) in [5.74, 6) is 0.193. The van der Waals surface area contributed by atoms with E-state index in [0.29, 0.717) is 6.54 Å². The van der Waals surface area contributed by atoms with Crippen molar-refractivity contribution in [2.75, 3.05) is 32.7 Å². The number of fused-ring (bicyclic) bond motifs is 1. The molecule has 0 aliphatic carbocycles. The number of halogens is 1. The van der Waals surface area contributed by atoms with Crippen molar-refractivity contribution >= 4 is 28.3 Å². The molecule has 3 aromatic rings. The molecule has 0 bridgehead atoms. The molecule has 140 valence electrons. The van der Waals surface area contributed by atoms with Crippen LogP contribution in [-0.2, 0) is 6.54 Å². The molecule has 27 heavy (non-hydrogen) atoms. The van der Waals surface area contributed by atoms with Crippen molar-refractivity contribution in [3.63, 3.8) is 0 Å². The molecule has 1 saturated heterocycles. The van der Waals surface area contributed by atoms with Crippen LogP contribution in [0.25, 0.3) is 10.9 Å². The van der Waals surface area contributed by atoms with Gasteiger partial charge in [0, 0.05) is 47.3 Å². The van der Waals surface area contributed by atoms with Gasteiger partial charge in [-0.1, -0.05) is 41.9 Å². The molecule has 0 atom stereocenters. The van der Waals surface area contributed by atoms with E-state index in [1.165, 1.54) is 5.56 Å². The van der Waals surface area contributed by atoms with E-state index in [-0.39, 0.29) is 5.78 Å². The summed E-state index contributed by atoms with van der Waals surface area (Å²) >= 11 is 5.97. The first-order valence-corrected chi connectivity index (χ1v) is 9.85. The van der Waals surface area contributed by atoms with Gasteiger partial charge in [0.1, 0.15) is 0 Å². The molecular formula is C22H24ClN3O. The van der Waals surface area contributed by atoms with Crippen LogP contribution >= 0.6 is 11.6 Å². The lowest BCUT2D eigenvalue weighted by Gasteiger charge is -2.21. The van der Waals surface area contributed by atoms with Crippen LogP contribution in [0, 0.1) is 0 Å². The van der Waals surface area contributed by atoms with Crippen molar-refractivity contribution in [2.45, 2.75) is 13.0 Å². The third-order valence-corrected chi connectivity index (χ3v) is 5.51. The second kappa shape index (κ2) is 8.26. The van der Waals surface area contributed by atoms with Gasteiger partial charge in [-0.05, 0) is 43.3 Å². The Morgan fingerprint density at radius 3 is 2.56 bits per heavy atom. The zero-order valence-corrected chi connectivity index (χ0v) is 16.1. The Morgan fingerprint density at radius 1 is 0.963 bits per heavy atom. The number of hydrogen-bond donors (Lipinski definition) is 1. The number of rotatable bonds is 5. The Bertz CT molecular complexity index is 919. The number of nitrogens with zero attached hydrogens (tertiary/aromatic N) is 2. The smallest absolute Gasteiger partial charge is 0.178 e. The molecule has 1 fully saturated rings. The molecule has 1 aliphatic heterocycles. The van der Waals surface area contributed by atoms with E-state index >= 15 is 0 Å². The highest BCUT2D eigenvalue weighted by atomic mass is 35.5. The number of H-pyrrole nitrogens is 1. The summed E-state index contributed by atoms with van der Waals surface area (Å²) < 4.78 is 0. The van der Waals surface area contributed by atoms with E-state index < -0.39 is 0 Å². The third kappa shape index (κ3) is 4.41. The van der Waals surface area contributed by atoms with Crippen LogP contribution < -0.4 is 0 Å². The fraction of sp³-hybridized carbons (Fsp3) is 0.318. The van der Waals surface area contributed by atoms with Gasteiger partial charge in [-0.2, -0.15) is 0 Å². The molecule has 1 aromatic heterocycles. The lowest BCUT2D eigenvalue weighted by molar-refractivity contribution is 0.0934. The monoisotopic (exact) mass is 381 g/mol. The van der Waals surface area contributed by atoms with Gasteiger partial charge < -0.3 is 4.98 Å². The van der Waals surface area contributed by atoms with Crippen LogP contribution in [0.15, 0.2) is 54.7 Å². The molecule has 2 heterocycles. The Morgan fingerprint density at radius 2 is 1.70 bits per heavy atom. The van der Waals surface area contributed by atoms with Gasteiger partial charge in [-0.25, -0.2) is 0 Å². The Kier molecular flexibility index (Phi) is 5.58. The molecular weight excluding hydrogens is 358 g/mol. The average molecular weight is 382 g/mol. The van der Waals surface area contributed by atoms with Gasteiger partial charge in [0.2, 0.25) is 0 Å². The Hall–Kier alpha value is -2.14. The van der Waals surface area contributed by atoms with Gasteiger partial charge in [-0.3, -0.25) is 14.6 Å². The quantitative estimate of drug-likeness (QED) is 0.673. The van der Waals surface area contributed by atoms with E-state index in [2.05, 4.69) is 26.9 Å². The topological polar surface area (TPSA) is 39.3 Å². The molecule has 1 N–H and O–H groups in total. The van der Waals surface area contributed by atoms with E-state index in [4.69, 9.17) is 11.6 Å². The molecule has 2 aromatic carbocycles. The highest BCUT2D eigenvalue weighted by molar-refractivity contribution is 6.30. The summed E-state index contributed by atoms with van der Waals surface area (Å²) in [7, 11) is 0. The van der Waals surface area contributed by atoms with Crippen molar-refractivity contribution in [2.24, 2.45) is 0 Å². The summed E-state index contributed by atoms with van der Waals surface area (Å²) in [6.45, 7) is 5.33. The molecule has 1 aliphatic rings. The number of nitrogens with one attached hydrogen (secondary N) is 1. The second-order valence-electron chi connectivity index (χ2n) is 7.20. The van der Waals surface area contributed by atoms with Crippen LogP contribution in [0.4, 0.5) is 0 Å². The number of carbonyl (C=O) groups excluding carboxylic acids is 1. The number of para-hydroxylation sites is 1. The minimum atomic E-state index is 0.193. The Labute approximate surface area is 164 Å². The standard InChI is InChI=1S/C22H24ClN3O/c23-18-8-6-17(7-9-18)15-25-10-3-11-26(13-12-25)16-22(27)20-14-24-21-5-2-1-4-19(20)21/h1-2,4-9,14,24H,3,10-13,15-16H2. The molecule has 0 spiro atoms. The van der Waals surface area contributed by atoms with Crippen LogP contribution in [0.2, 0.25) is 5.02 Å². The van der Waals surface area contributed by atoms with Crippen molar-refractivity contribution in [3.8, 4) is 0 Å². The zero-order valence-electron chi connectivity index (χ0n) is 15.3. The SMILES string of the molecule is O=C(CN1CCCN(Cc2ccc(Cl)cc2)CC1)c1c[nH]c2ccccc12. The van der Waals surface area contributed by atoms with Gasteiger partial charge in [0.15, 0.2) is 5.78 Å². The van der Waals surface area contributed by atoms with Crippen LogP contribution in [0.1, 0.15) is 22.3 Å². The van der Waals surface area contributed by atoms with E-state index in [9.17, 15) is 4.79 Å². The average Bonchev–Trinajstić information content (AvgIpc) is 3.00. The highest BCUT2D eigenvalue weighted by Gasteiger charge is 2.19. The van der Waals surface area contributed by atoms with Crippen LogP contribution in [0.5, 0.6) is 0 Å². The largest absolute Gasteiger partial charge is 0.360 e. The van der Waals surface area contributed by atoms with Gasteiger partial charge in [-0.15, -0.1) is 0 Å². The van der Waals surface area contributed by atoms with E-state index in [1.54, 1.807) is 0 Å². The second-order valence-corrected chi connectivity index (χ2v) is 7.64. The lowest BCUT2D eigenvalue weighted by Crippen LogP contribution is -2.34. The summed E-state index contributed by atoms with van der Waals surface area (Å²) in [5, 5.41) is 1.79. The number of Topliss-reactive ketones (excluding diaryl/α,β-unsaturated/α-hetero) is 1.